The lowest BCUT2D eigenvalue weighted by molar-refractivity contribution is -0.384. The van der Waals surface area contributed by atoms with Gasteiger partial charge in [0.05, 0.1) is 21.7 Å². The van der Waals surface area contributed by atoms with Gasteiger partial charge in [-0.05, 0) is 59.1 Å². The zero-order chi connectivity index (χ0) is 17.5. The molecule has 0 amide bonds. The minimum absolute atomic E-state index is 0.0322. The van der Waals surface area contributed by atoms with Crippen molar-refractivity contribution in [3.05, 3.63) is 68.2 Å². The smallest absolute Gasteiger partial charge is 0.269 e. The Kier molecular flexibility index (Phi) is 6.31. The lowest BCUT2D eigenvalue weighted by atomic mass is 10.2. The highest BCUT2D eigenvalue weighted by Gasteiger charge is 2.06. The monoisotopic (exact) mass is 392 g/mol. The number of nitro benzene ring substituents is 1. The van der Waals surface area contributed by atoms with Crippen LogP contribution >= 0.6 is 15.9 Å². The molecular formula is C17H17BrN2O4. The fourth-order valence-electron chi connectivity index (χ4n) is 1.92. The average Bonchev–Trinajstić information content (AvgIpc) is 2.54. The number of nitro groups is 1. The summed E-state index contributed by atoms with van der Waals surface area (Å²) in [6, 6.07) is 11.9. The van der Waals surface area contributed by atoms with E-state index in [-0.39, 0.29) is 18.4 Å². The normalized spacial score (nSPS) is 11.0. The zero-order valence-corrected chi connectivity index (χ0v) is 14.9. The SMILES string of the molecule is CC(C)Oc1ccc(/C=N\OCc2cccc([N+](=O)[O-])c2)cc1Br. The van der Waals surface area contributed by atoms with E-state index in [1.54, 1.807) is 18.3 Å². The molecule has 7 heteroatoms. The number of non-ortho nitro benzene ring substituents is 1. The van der Waals surface area contributed by atoms with Crippen LogP contribution in [-0.2, 0) is 11.4 Å². The first-order valence-corrected chi connectivity index (χ1v) is 8.10. The molecule has 0 saturated heterocycles. The van der Waals surface area contributed by atoms with Gasteiger partial charge in [0.1, 0.15) is 12.4 Å². The van der Waals surface area contributed by atoms with Gasteiger partial charge in [-0.3, -0.25) is 10.1 Å². The van der Waals surface area contributed by atoms with Gasteiger partial charge in [0.2, 0.25) is 0 Å². The quantitative estimate of drug-likeness (QED) is 0.388. The molecule has 0 unspecified atom stereocenters. The fraction of sp³-hybridized carbons (Fsp3) is 0.235. The highest BCUT2D eigenvalue weighted by molar-refractivity contribution is 9.10. The van der Waals surface area contributed by atoms with Crippen LogP contribution in [0.25, 0.3) is 0 Å². The summed E-state index contributed by atoms with van der Waals surface area (Å²) in [5.74, 6) is 0.764. The van der Waals surface area contributed by atoms with Crippen molar-refractivity contribution < 1.29 is 14.5 Å². The molecule has 0 aliphatic carbocycles. The molecule has 0 radical (unpaired) electrons. The largest absolute Gasteiger partial charge is 0.490 e. The van der Waals surface area contributed by atoms with Crippen LogP contribution in [0, 0.1) is 10.1 Å². The molecule has 126 valence electrons. The highest BCUT2D eigenvalue weighted by Crippen LogP contribution is 2.26. The summed E-state index contributed by atoms with van der Waals surface area (Å²) in [5, 5.41) is 14.6. The van der Waals surface area contributed by atoms with Gasteiger partial charge in [-0.2, -0.15) is 0 Å². The van der Waals surface area contributed by atoms with E-state index in [4.69, 9.17) is 9.57 Å². The van der Waals surface area contributed by atoms with E-state index >= 15 is 0 Å². The molecule has 0 saturated carbocycles. The number of hydrogen-bond donors (Lipinski definition) is 0. The summed E-state index contributed by atoms with van der Waals surface area (Å²) in [7, 11) is 0. The van der Waals surface area contributed by atoms with Gasteiger partial charge in [-0.1, -0.05) is 17.3 Å². The molecule has 0 heterocycles. The Morgan fingerprint density at radius 3 is 2.75 bits per heavy atom. The van der Waals surface area contributed by atoms with Crippen LogP contribution in [0.15, 0.2) is 52.1 Å². The molecule has 2 rings (SSSR count). The van der Waals surface area contributed by atoms with Crippen LogP contribution in [0.2, 0.25) is 0 Å². The van der Waals surface area contributed by atoms with Crippen molar-refractivity contribution in [2.75, 3.05) is 0 Å². The molecule has 24 heavy (non-hydrogen) atoms. The van der Waals surface area contributed by atoms with Crippen molar-refractivity contribution in [3.8, 4) is 5.75 Å². The van der Waals surface area contributed by atoms with Crippen molar-refractivity contribution in [2.45, 2.75) is 26.6 Å². The van der Waals surface area contributed by atoms with Gasteiger partial charge in [-0.15, -0.1) is 0 Å². The number of ether oxygens (including phenoxy) is 1. The van der Waals surface area contributed by atoms with Crippen LogP contribution in [-0.4, -0.2) is 17.2 Å². The number of hydrogen-bond acceptors (Lipinski definition) is 5. The molecule has 0 fully saturated rings. The van der Waals surface area contributed by atoms with Crippen LogP contribution < -0.4 is 4.74 Å². The van der Waals surface area contributed by atoms with Gasteiger partial charge < -0.3 is 9.57 Å². The molecule has 0 N–H and O–H groups in total. The third-order valence-electron chi connectivity index (χ3n) is 2.95. The Balaban J connectivity index is 1.93. The van der Waals surface area contributed by atoms with Crippen molar-refractivity contribution in [1.82, 2.24) is 0 Å². The predicted molar refractivity (Wildman–Crippen MR) is 95.4 cm³/mol. The molecule has 0 atom stereocenters. The zero-order valence-electron chi connectivity index (χ0n) is 13.3. The lowest BCUT2D eigenvalue weighted by Crippen LogP contribution is -2.06. The molecule has 0 bridgehead atoms. The maximum absolute atomic E-state index is 10.7. The first kappa shape index (κ1) is 17.9. The maximum atomic E-state index is 10.7. The van der Waals surface area contributed by atoms with Crippen molar-refractivity contribution >= 4 is 27.8 Å². The fourth-order valence-corrected chi connectivity index (χ4v) is 2.41. The summed E-state index contributed by atoms with van der Waals surface area (Å²) in [6.07, 6.45) is 1.67. The van der Waals surface area contributed by atoms with Gasteiger partial charge in [0.15, 0.2) is 0 Å². The number of oxime groups is 1. The van der Waals surface area contributed by atoms with Crippen LogP contribution in [0.5, 0.6) is 5.75 Å². The minimum atomic E-state index is -0.439. The second kappa shape index (κ2) is 8.44. The van der Waals surface area contributed by atoms with E-state index in [9.17, 15) is 10.1 Å². The second-order valence-corrected chi connectivity index (χ2v) is 6.15. The third-order valence-corrected chi connectivity index (χ3v) is 3.57. The Morgan fingerprint density at radius 2 is 2.08 bits per heavy atom. The molecule has 0 aromatic heterocycles. The molecule has 0 spiro atoms. The Morgan fingerprint density at radius 1 is 1.29 bits per heavy atom. The van der Waals surface area contributed by atoms with Crippen molar-refractivity contribution in [2.24, 2.45) is 5.16 Å². The lowest BCUT2D eigenvalue weighted by Gasteiger charge is -2.11. The third kappa shape index (κ3) is 5.34. The van der Waals surface area contributed by atoms with E-state index in [1.165, 1.54) is 12.1 Å². The number of halogens is 1. The van der Waals surface area contributed by atoms with Gasteiger partial charge in [0.25, 0.3) is 5.69 Å². The Hall–Kier alpha value is -2.41. The summed E-state index contributed by atoms with van der Waals surface area (Å²) >= 11 is 3.45. The topological polar surface area (TPSA) is 74.0 Å². The van der Waals surface area contributed by atoms with Crippen LogP contribution in [0.4, 0.5) is 5.69 Å². The van der Waals surface area contributed by atoms with E-state index in [0.29, 0.717) is 5.56 Å². The predicted octanol–water partition coefficient (Wildman–Crippen LogP) is 4.70. The summed E-state index contributed by atoms with van der Waals surface area (Å²) in [5.41, 5.74) is 1.56. The average molecular weight is 393 g/mol. The summed E-state index contributed by atoms with van der Waals surface area (Å²) in [4.78, 5) is 15.5. The van der Waals surface area contributed by atoms with Gasteiger partial charge in [0, 0.05) is 12.1 Å². The van der Waals surface area contributed by atoms with Gasteiger partial charge >= 0.3 is 0 Å². The number of nitrogens with zero attached hydrogens (tertiary/aromatic N) is 2. The van der Waals surface area contributed by atoms with Gasteiger partial charge in [-0.25, -0.2) is 0 Å². The second-order valence-electron chi connectivity index (χ2n) is 5.29. The number of rotatable bonds is 7. The van der Waals surface area contributed by atoms with E-state index < -0.39 is 4.92 Å². The Labute approximate surface area is 148 Å². The number of benzene rings is 2. The molecule has 6 nitrogen and oxygen atoms in total. The van der Waals surface area contributed by atoms with E-state index in [1.807, 2.05) is 32.0 Å². The minimum Gasteiger partial charge on any atom is -0.490 e. The molecule has 0 aliphatic rings. The first-order chi connectivity index (χ1) is 11.5. The van der Waals surface area contributed by atoms with Crippen LogP contribution in [0.3, 0.4) is 0 Å². The standard InChI is InChI=1S/C17H17BrN2O4/c1-12(2)24-17-7-6-13(9-16(17)18)10-19-23-11-14-4-3-5-15(8-14)20(21)22/h3-10,12H,11H2,1-2H3/b19-10-. The molecule has 2 aromatic rings. The highest BCUT2D eigenvalue weighted by atomic mass is 79.9. The van der Waals surface area contributed by atoms with E-state index in [0.717, 1.165) is 15.8 Å². The maximum Gasteiger partial charge on any atom is 0.269 e. The molecule has 2 aromatic carbocycles. The summed E-state index contributed by atoms with van der Waals surface area (Å²) < 4.78 is 6.47. The molecular weight excluding hydrogens is 376 g/mol. The Bertz CT molecular complexity index is 747. The van der Waals surface area contributed by atoms with Crippen molar-refractivity contribution in [1.29, 1.82) is 0 Å². The van der Waals surface area contributed by atoms with Crippen LogP contribution in [0.1, 0.15) is 25.0 Å². The van der Waals surface area contributed by atoms with Crippen molar-refractivity contribution in [3.63, 3.8) is 0 Å². The van der Waals surface area contributed by atoms with E-state index in [2.05, 4.69) is 21.1 Å². The molecule has 0 aliphatic heterocycles. The summed E-state index contributed by atoms with van der Waals surface area (Å²) in [6.45, 7) is 4.08. The first-order valence-electron chi connectivity index (χ1n) is 7.30.